The second-order valence-corrected chi connectivity index (χ2v) is 4.72. The molecule has 0 aromatic carbocycles. The number of hydrogen-bond donors (Lipinski definition) is 1. The summed E-state index contributed by atoms with van der Waals surface area (Å²) in [4.78, 5) is 0. The molecule has 0 aromatic rings. The topological polar surface area (TPSA) is 21.3 Å². The van der Waals surface area contributed by atoms with E-state index in [0.29, 0.717) is 0 Å². The average molecular weight is 219 g/mol. The number of ether oxygens (including phenoxy) is 1. The molecule has 0 bridgehead atoms. The van der Waals surface area contributed by atoms with Gasteiger partial charge in [-0.2, -0.15) is 11.8 Å². The second-order valence-electron chi connectivity index (χ2n) is 3.49. The Morgan fingerprint density at radius 1 is 1.29 bits per heavy atom. The van der Waals surface area contributed by atoms with Gasteiger partial charge in [0.15, 0.2) is 0 Å². The van der Waals surface area contributed by atoms with Crippen molar-refractivity contribution >= 4 is 11.8 Å². The van der Waals surface area contributed by atoms with Crippen LogP contribution >= 0.6 is 11.8 Å². The Hall–Kier alpha value is 0.270. The largest absolute Gasteiger partial charge is 0.385 e. The van der Waals surface area contributed by atoms with Gasteiger partial charge in [0.2, 0.25) is 0 Å². The van der Waals surface area contributed by atoms with E-state index in [9.17, 15) is 0 Å². The molecule has 1 atom stereocenters. The fourth-order valence-electron chi connectivity index (χ4n) is 1.39. The van der Waals surface area contributed by atoms with Crippen LogP contribution in [0.25, 0.3) is 0 Å². The Morgan fingerprint density at radius 3 is 2.57 bits per heavy atom. The van der Waals surface area contributed by atoms with Crippen molar-refractivity contribution in [2.24, 2.45) is 0 Å². The molecule has 14 heavy (non-hydrogen) atoms. The van der Waals surface area contributed by atoms with Crippen molar-refractivity contribution in [2.75, 3.05) is 32.3 Å². The van der Waals surface area contributed by atoms with Crippen LogP contribution in [0.2, 0.25) is 0 Å². The maximum Gasteiger partial charge on any atom is 0.0470 e. The van der Waals surface area contributed by atoms with Gasteiger partial charge in [-0.15, -0.1) is 0 Å². The standard InChI is InChI=1S/C11H25NOS/c1-4-11(12-2)7-5-9-14-10-6-8-13-3/h11-12H,4-10H2,1-3H3. The first-order chi connectivity index (χ1) is 6.85. The third-order valence-corrected chi connectivity index (χ3v) is 3.53. The SMILES string of the molecule is CCC(CCCSCCCOC)NC. The van der Waals surface area contributed by atoms with Gasteiger partial charge in [0, 0.05) is 19.8 Å². The zero-order valence-corrected chi connectivity index (χ0v) is 10.7. The Balaban J connectivity index is 3.04. The lowest BCUT2D eigenvalue weighted by Gasteiger charge is -2.12. The quantitative estimate of drug-likeness (QED) is 0.571. The first-order valence-electron chi connectivity index (χ1n) is 5.59. The highest BCUT2D eigenvalue weighted by Gasteiger charge is 2.01. The molecule has 0 aliphatic rings. The first kappa shape index (κ1) is 14.3. The molecule has 0 saturated heterocycles. The van der Waals surface area contributed by atoms with E-state index in [1.54, 1.807) is 7.11 Å². The summed E-state index contributed by atoms with van der Waals surface area (Å²) < 4.78 is 5.00. The molecule has 0 rings (SSSR count). The lowest BCUT2D eigenvalue weighted by atomic mass is 10.1. The lowest BCUT2D eigenvalue weighted by molar-refractivity contribution is 0.200. The Bertz CT molecular complexity index is 107. The Labute approximate surface area is 93.2 Å². The van der Waals surface area contributed by atoms with E-state index in [-0.39, 0.29) is 0 Å². The molecular weight excluding hydrogens is 194 g/mol. The normalized spacial score (nSPS) is 13.1. The van der Waals surface area contributed by atoms with Crippen LogP contribution in [0.15, 0.2) is 0 Å². The predicted molar refractivity (Wildman–Crippen MR) is 66.2 cm³/mol. The number of hydrogen-bond acceptors (Lipinski definition) is 3. The molecule has 0 radical (unpaired) electrons. The van der Waals surface area contributed by atoms with Crippen LogP contribution in [0.5, 0.6) is 0 Å². The summed E-state index contributed by atoms with van der Waals surface area (Å²) in [5, 5.41) is 3.33. The molecule has 86 valence electrons. The predicted octanol–water partition coefficient (Wildman–Crippen LogP) is 2.53. The van der Waals surface area contributed by atoms with Crippen molar-refractivity contribution in [1.82, 2.24) is 5.32 Å². The molecule has 0 fully saturated rings. The highest BCUT2D eigenvalue weighted by Crippen LogP contribution is 2.09. The minimum absolute atomic E-state index is 0.717. The fraction of sp³-hybridized carbons (Fsp3) is 1.00. The molecule has 3 heteroatoms. The van der Waals surface area contributed by atoms with Crippen molar-refractivity contribution in [3.05, 3.63) is 0 Å². The molecular formula is C11H25NOS. The van der Waals surface area contributed by atoms with Crippen LogP contribution < -0.4 is 5.32 Å². The summed E-state index contributed by atoms with van der Waals surface area (Å²) in [6.07, 6.45) is 5.07. The van der Waals surface area contributed by atoms with Crippen LogP contribution in [0.3, 0.4) is 0 Å². The number of thioether (sulfide) groups is 1. The van der Waals surface area contributed by atoms with Crippen LogP contribution in [0.4, 0.5) is 0 Å². The van der Waals surface area contributed by atoms with E-state index in [4.69, 9.17) is 4.74 Å². The third-order valence-electron chi connectivity index (χ3n) is 2.38. The van der Waals surface area contributed by atoms with Crippen LogP contribution in [-0.4, -0.2) is 38.3 Å². The van der Waals surface area contributed by atoms with Crippen LogP contribution in [0.1, 0.15) is 32.6 Å². The van der Waals surface area contributed by atoms with E-state index < -0.39 is 0 Å². The molecule has 0 aromatic heterocycles. The maximum atomic E-state index is 5.00. The van der Waals surface area contributed by atoms with E-state index in [1.807, 2.05) is 11.8 Å². The molecule has 0 amide bonds. The summed E-state index contributed by atoms with van der Waals surface area (Å²) in [5.74, 6) is 2.53. The van der Waals surface area contributed by atoms with E-state index in [1.165, 1.54) is 37.2 Å². The van der Waals surface area contributed by atoms with Gasteiger partial charge in [0.05, 0.1) is 0 Å². The van der Waals surface area contributed by atoms with Crippen molar-refractivity contribution < 1.29 is 4.74 Å². The second kappa shape index (κ2) is 11.3. The molecule has 0 spiro atoms. The first-order valence-corrected chi connectivity index (χ1v) is 6.74. The number of methoxy groups -OCH3 is 1. The monoisotopic (exact) mass is 219 g/mol. The summed E-state index contributed by atoms with van der Waals surface area (Å²) >= 11 is 2.05. The lowest BCUT2D eigenvalue weighted by Crippen LogP contribution is -2.23. The van der Waals surface area contributed by atoms with Gasteiger partial charge in [-0.1, -0.05) is 6.92 Å². The van der Waals surface area contributed by atoms with Gasteiger partial charge in [-0.05, 0) is 44.2 Å². The zero-order valence-electron chi connectivity index (χ0n) is 9.84. The van der Waals surface area contributed by atoms with Gasteiger partial charge in [-0.3, -0.25) is 0 Å². The van der Waals surface area contributed by atoms with Crippen molar-refractivity contribution in [3.63, 3.8) is 0 Å². The minimum atomic E-state index is 0.717. The van der Waals surface area contributed by atoms with Crippen LogP contribution in [-0.2, 0) is 4.74 Å². The molecule has 0 aliphatic heterocycles. The van der Waals surface area contributed by atoms with Gasteiger partial charge in [-0.25, -0.2) is 0 Å². The van der Waals surface area contributed by atoms with E-state index >= 15 is 0 Å². The molecule has 0 aliphatic carbocycles. The van der Waals surface area contributed by atoms with Crippen molar-refractivity contribution in [2.45, 2.75) is 38.6 Å². The molecule has 0 saturated carbocycles. The summed E-state index contributed by atoms with van der Waals surface area (Å²) in [6, 6.07) is 0.717. The van der Waals surface area contributed by atoms with Crippen molar-refractivity contribution in [3.8, 4) is 0 Å². The highest BCUT2D eigenvalue weighted by molar-refractivity contribution is 7.99. The molecule has 0 heterocycles. The molecule has 1 N–H and O–H groups in total. The zero-order chi connectivity index (χ0) is 10.6. The smallest absolute Gasteiger partial charge is 0.0470 e. The number of rotatable bonds is 10. The number of nitrogens with one attached hydrogen (secondary N) is 1. The summed E-state index contributed by atoms with van der Waals surface area (Å²) in [7, 11) is 3.82. The Kier molecular flexibility index (Phi) is 11.6. The average Bonchev–Trinajstić information content (AvgIpc) is 2.22. The minimum Gasteiger partial charge on any atom is -0.385 e. The van der Waals surface area contributed by atoms with E-state index in [2.05, 4.69) is 19.3 Å². The van der Waals surface area contributed by atoms with Crippen LogP contribution in [0, 0.1) is 0 Å². The van der Waals surface area contributed by atoms with Gasteiger partial charge < -0.3 is 10.1 Å². The molecule has 2 nitrogen and oxygen atoms in total. The summed E-state index contributed by atoms with van der Waals surface area (Å²) in [5.41, 5.74) is 0. The molecule has 1 unspecified atom stereocenters. The van der Waals surface area contributed by atoms with Gasteiger partial charge >= 0.3 is 0 Å². The third kappa shape index (κ3) is 8.85. The highest BCUT2D eigenvalue weighted by atomic mass is 32.2. The Morgan fingerprint density at radius 2 is 2.00 bits per heavy atom. The van der Waals surface area contributed by atoms with E-state index in [0.717, 1.165) is 12.6 Å². The maximum absolute atomic E-state index is 5.00. The van der Waals surface area contributed by atoms with Gasteiger partial charge in [0.1, 0.15) is 0 Å². The van der Waals surface area contributed by atoms with Crippen molar-refractivity contribution in [1.29, 1.82) is 0 Å². The summed E-state index contributed by atoms with van der Waals surface area (Å²) in [6.45, 7) is 3.15. The van der Waals surface area contributed by atoms with Gasteiger partial charge in [0.25, 0.3) is 0 Å². The fourth-order valence-corrected chi connectivity index (χ4v) is 2.29.